The Kier molecular flexibility index (Phi) is 5.97. The van der Waals surface area contributed by atoms with E-state index < -0.39 is 5.97 Å². The summed E-state index contributed by atoms with van der Waals surface area (Å²) < 4.78 is 11.9. The minimum Gasteiger partial charge on any atom is -0.490 e. The number of ether oxygens (including phenoxy) is 2. The highest BCUT2D eigenvalue weighted by Gasteiger charge is 2.11. The van der Waals surface area contributed by atoms with Gasteiger partial charge in [0.25, 0.3) is 0 Å². The van der Waals surface area contributed by atoms with Crippen LogP contribution < -0.4 is 9.47 Å². The SMILES string of the molecule is Cc1cccc(C)c1OCCOc1ccc2ccccc2c1CCC(=O)O. The Hall–Kier alpha value is -3.01. The number of aryl methyl sites for hydroxylation is 3. The van der Waals surface area contributed by atoms with E-state index in [1.54, 1.807) is 0 Å². The first kappa shape index (κ1) is 18.8. The number of rotatable bonds is 8. The van der Waals surface area contributed by atoms with Crippen LogP contribution in [-0.4, -0.2) is 24.3 Å². The first-order valence-corrected chi connectivity index (χ1v) is 9.10. The molecule has 3 aromatic rings. The monoisotopic (exact) mass is 364 g/mol. The largest absolute Gasteiger partial charge is 0.490 e. The summed E-state index contributed by atoms with van der Waals surface area (Å²) in [5.41, 5.74) is 3.13. The number of benzene rings is 3. The summed E-state index contributed by atoms with van der Waals surface area (Å²) in [6.07, 6.45) is 0.507. The van der Waals surface area contributed by atoms with Crippen LogP contribution in [0, 0.1) is 13.8 Å². The van der Waals surface area contributed by atoms with E-state index in [4.69, 9.17) is 14.6 Å². The average molecular weight is 364 g/mol. The van der Waals surface area contributed by atoms with Gasteiger partial charge in [0.05, 0.1) is 0 Å². The summed E-state index contributed by atoms with van der Waals surface area (Å²) >= 11 is 0. The van der Waals surface area contributed by atoms with Gasteiger partial charge in [-0.15, -0.1) is 0 Å². The third kappa shape index (κ3) is 4.59. The first-order valence-electron chi connectivity index (χ1n) is 9.10. The number of carboxylic acid groups (broad SMARTS) is 1. The number of aliphatic carboxylic acids is 1. The Morgan fingerprint density at radius 3 is 2.33 bits per heavy atom. The van der Waals surface area contributed by atoms with E-state index >= 15 is 0 Å². The Labute approximate surface area is 159 Å². The molecule has 0 heterocycles. The van der Waals surface area contributed by atoms with Gasteiger partial charge in [-0.3, -0.25) is 4.79 Å². The van der Waals surface area contributed by atoms with E-state index in [1.165, 1.54) is 0 Å². The summed E-state index contributed by atoms with van der Waals surface area (Å²) in [6.45, 7) is 4.87. The van der Waals surface area contributed by atoms with Crippen molar-refractivity contribution in [3.8, 4) is 11.5 Å². The predicted octanol–water partition coefficient (Wildman–Crippen LogP) is 4.93. The average Bonchev–Trinajstić information content (AvgIpc) is 2.65. The highest BCUT2D eigenvalue weighted by atomic mass is 16.5. The summed E-state index contributed by atoms with van der Waals surface area (Å²) in [5.74, 6) is 0.804. The molecule has 27 heavy (non-hydrogen) atoms. The Balaban J connectivity index is 1.72. The molecule has 140 valence electrons. The van der Waals surface area contributed by atoms with Crippen LogP contribution in [-0.2, 0) is 11.2 Å². The van der Waals surface area contributed by atoms with Crippen LogP contribution in [0.3, 0.4) is 0 Å². The maximum Gasteiger partial charge on any atom is 0.303 e. The molecule has 3 rings (SSSR count). The number of hydrogen-bond acceptors (Lipinski definition) is 3. The lowest BCUT2D eigenvalue weighted by molar-refractivity contribution is -0.136. The van der Waals surface area contributed by atoms with Crippen molar-refractivity contribution in [2.75, 3.05) is 13.2 Å². The molecule has 0 atom stereocenters. The summed E-state index contributed by atoms with van der Waals surface area (Å²) in [7, 11) is 0. The van der Waals surface area contributed by atoms with Crippen molar-refractivity contribution in [2.24, 2.45) is 0 Å². The smallest absolute Gasteiger partial charge is 0.303 e. The molecule has 0 unspecified atom stereocenters. The quantitative estimate of drug-likeness (QED) is 0.576. The van der Waals surface area contributed by atoms with Crippen LogP contribution in [0.1, 0.15) is 23.1 Å². The van der Waals surface area contributed by atoms with Crippen LogP contribution in [0.2, 0.25) is 0 Å². The molecule has 0 aliphatic rings. The molecule has 0 saturated heterocycles. The van der Waals surface area contributed by atoms with Gasteiger partial charge in [0.1, 0.15) is 24.7 Å². The van der Waals surface area contributed by atoms with Gasteiger partial charge in [0.15, 0.2) is 0 Å². The fourth-order valence-corrected chi connectivity index (χ4v) is 3.26. The maximum absolute atomic E-state index is 11.0. The molecule has 0 fully saturated rings. The van der Waals surface area contributed by atoms with Crippen molar-refractivity contribution in [1.29, 1.82) is 0 Å². The highest BCUT2D eigenvalue weighted by molar-refractivity contribution is 5.88. The van der Waals surface area contributed by atoms with Crippen LogP contribution >= 0.6 is 0 Å². The number of hydrogen-bond donors (Lipinski definition) is 1. The zero-order chi connectivity index (χ0) is 19.2. The topological polar surface area (TPSA) is 55.8 Å². The molecule has 0 amide bonds. The van der Waals surface area contributed by atoms with Crippen molar-refractivity contribution in [3.63, 3.8) is 0 Å². The number of carbonyl (C=O) groups is 1. The third-order valence-electron chi connectivity index (χ3n) is 4.58. The second-order valence-electron chi connectivity index (χ2n) is 6.57. The second kappa shape index (κ2) is 8.58. The van der Waals surface area contributed by atoms with Crippen LogP contribution in [0.5, 0.6) is 11.5 Å². The maximum atomic E-state index is 11.0. The van der Waals surface area contributed by atoms with Crippen molar-refractivity contribution < 1.29 is 19.4 Å². The fourth-order valence-electron chi connectivity index (χ4n) is 3.26. The highest BCUT2D eigenvalue weighted by Crippen LogP contribution is 2.29. The van der Waals surface area contributed by atoms with Crippen molar-refractivity contribution >= 4 is 16.7 Å². The molecular formula is C23H24O4. The van der Waals surface area contributed by atoms with E-state index in [9.17, 15) is 4.79 Å². The molecule has 0 bridgehead atoms. The number of fused-ring (bicyclic) bond motifs is 1. The zero-order valence-corrected chi connectivity index (χ0v) is 15.7. The summed E-state index contributed by atoms with van der Waals surface area (Å²) in [4.78, 5) is 11.0. The van der Waals surface area contributed by atoms with Crippen LogP contribution in [0.15, 0.2) is 54.6 Å². The third-order valence-corrected chi connectivity index (χ3v) is 4.58. The lowest BCUT2D eigenvalue weighted by Gasteiger charge is -2.15. The molecule has 0 aliphatic carbocycles. The van der Waals surface area contributed by atoms with E-state index in [0.717, 1.165) is 39.0 Å². The Morgan fingerprint density at radius 2 is 1.59 bits per heavy atom. The van der Waals surface area contributed by atoms with Gasteiger partial charge in [-0.25, -0.2) is 0 Å². The van der Waals surface area contributed by atoms with Gasteiger partial charge in [-0.05, 0) is 48.2 Å². The van der Waals surface area contributed by atoms with E-state index in [0.29, 0.717) is 19.6 Å². The van der Waals surface area contributed by atoms with Crippen molar-refractivity contribution in [2.45, 2.75) is 26.7 Å². The van der Waals surface area contributed by atoms with Crippen LogP contribution in [0.25, 0.3) is 10.8 Å². The zero-order valence-electron chi connectivity index (χ0n) is 15.7. The standard InChI is InChI=1S/C23H24O4/c1-16-6-5-7-17(2)23(16)27-15-14-26-21-12-10-18-8-3-4-9-19(18)20(21)11-13-22(24)25/h3-10,12H,11,13-15H2,1-2H3,(H,24,25). The van der Waals surface area contributed by atoms with Gasteiger partial charge < -0.3 is 14.6 Å². The molecule has 0 aliphatic heterocycles. The van der Waals surface area contributed by atoms with Gasteiger partial charge in [-0.2, -0.15) is 0 Å². The van der Waals surface area contributed by atoms with Crippen molar-refractivity contribution in [1.82, 2.24) is 0 Å². The molecule has 4 heteroatoms. The van der Waals surface area contributed by atoms with E-state index in [-0.39, 0.29) is 6.42 Å². The van der Waals surface area contributed by atoms with E-state index in [2.05, 4.69) is 0 Å². The second-order valence-corrected chi connectivity index (χ2v) is 6.57. The van der Waals surface area contributed by atoms with Crippen molar-refractivity contribution in [3.05, 3.63) is 71.3 Å². The molecular weight excluding hydrogens is 340 g/mol. The minimum absolute atomic E-state index is 0.0727. The predicted molar refractivity (Wildman–Crippen MR) is 107 cm³/mol. The van der Waals surface area contributed by atoms with Gasteiger partial charge in [-0.1, -0.05) is 48.5 Å². The molecule has 0 saturated carbocycles. The summed E-state index contributed by atoms with van der Waals surface area (Å²) in [6, 6.07) is 17.9. The fraction of sp³-hybridized carbons (Fsp3) is 0.261. The molecule has 0 radical (unpaired) electrons. The Morgan fingerprint density at radius 1 is 0.889 bits per heavy atom. The molecule has 1 N–H and O–H groups in total. The van der Waals surface area contributed by atoms with Gasteiger partial charge in [0, 0.05) is 12.0 Å². The van der Waals surface area contributed by atoms with E-state index in [1.807, 2.05) is 68.4 Å². The number of carboxylic acids is 1. The normalized spacial score (nSPS) is 10.7. The molecule has 4 nitrogen and oxygen atoms in total. The molecule has 0 spiro atoms. The summed E-state index contributed by atoms with van der Waals surface area (Å²) in [5, 5.41) is 11.2. The first-order chi connectivity index (χ1) is 13.1. The number of para-hydroxylation sites is 1. The molecule has 0 aromatic heterocycles. The van der Waals surface area contributed by atoms with Crippen LogP contribution in [0.4, 0.5) is 0 Å². The lowest BCUT2D eigenvalue weighted by atomic mass is 10.00. The Bertz CT molecular complexity index is 926. The lowest BCUT2D eigenvalue weighted by Crippen LogP contribution is -2.11. The molecule has 3 aromatic carbocycles. The van der Waals surface area contributed by atoms with Gasteiger partial charge in [0.2, 0.25) is 0 Å². The van der Waals surface area contributed by atoms with Gasteiger partial charge >= 0.3 is 5.97 Å². The minimum atomic E-state index is -0.813.